The summed E-state index contributed by atoms with van der Waals surface area (Å²) in [4.78, 5) is 12.1. The average molecular weight is 484 g/mol. The Hall–Kier alpha value is -1.73. The molecular formula is C21H21Cl3N4OS. The Balaban J connectivity index is 1.42. The zero-order valence-corrected chi connectivity index (χ0v) is 19.5. The fourth-order valence-corrected chi connectivity index (χ4v) is 4.52. The van der Waals surface area contributed by atoms with Gasteiger partial charge in [-0.1, -0.05) is 58.7 Å². The van der Waals surface area contributed by atoms with Gasteiger partial charge in [0.05, 0.1) is 5.69 Å². The molecule has 1 amide bonds. The van der Waals surface area contributed by atoms with Crippen LogP contribution in [0.25, 0.3) is 5.69 Å². The summed E-state index contributed by atoms with van der Waals surface area (Å²) >= 11 is 19.7. The molecule has 5 nitrogen and oxygen atoms in total. The first-order valence-electron chi connectivity index (χ1n) is 9.45. The molecule has 0 saturated carbocycles. The topological polar surface area (TPSA) is 59.8 Å². The summed E-state index contributed by atoms with van der Waals surface area (Å²) in [6, 6.07) is 13.0. The van der Waals surface area contributed by atoms with Crippen molar-refractivity contribution in [2.75, 3.05) is 12.3 Å². The predicted molar refractivity (Wildman–Crippen MR) is 124 cm³/mol. The van der Waals surface area contributed by atoms with Crippen molar-refractivity contribution in [2.45, 2.75) is 31.3 Å². The van der Waals surface area contributed by atoms with Crippen LogP contribution in [0.1, 0.15) is 24.2 Å². The second-order valence-corrected chi connectivity index (χ2v) is 8.97. The molecule has 3 aromatic rings. The SMILES string of the molecule is Cc1nnc(SCCCC(=O)NCCc2ccc(Cl)cc2Cl)n1-c1cccc(Cl)c1. The lowest BCUT2D eigenvalue weighted by molar-refractivity contribution is -0.121. The summed E-state index contributed by atoms with van der Waals surface area (Å²) in [6.07, 6.45) is 1.85. The number of rotatable bonds is 9. The Morgan fingerprint density at radius 1 is 1.10 bits per heavy atom. The molecule has 1 N–H and O–H groups in total. The van der Waals surface area contributed by atoms with E-state index in [4.69, 9.17) is 34.8 Å². The molecule has 0 fully saturated rings. The Labute approximate surface area is 195 Å². The summed E-state index contributed by atoms with van der Waals surface area (Å²) in [5, 5.41) is 14.0. The van der Waals surface area contributed by atoms with Crippen LogP contribution in [0.15, 0.2) is 47.6 Å². The molecule has 3 rings (SSSR count). The summed E-state index contributed by atoms with van der Waals surface area (Å²) in [6.45, 7) is 2.44. The van der Waals surface area contributed by atoms with Crippen molar-refractivity contribution in [1.29, 1.82) is 0 Å². The van der Waals surface area contributed by atoms with Crippen molar-refractivity contribution >= 4 is 52.5 Å². The van der Waals surface area contributed by atoms with Gasteiger partial charge in [0.15, 0.2) is 5.16 Å². The van der Waals surface area contributed by atoms with Gasteiger partial charge < -0.3 is 5.32 Å². The van der Waals surface area contributed by atoms with Crippen LogP contribution < -0.4 is 5.32 Å². The van der Waals surface area contributed by atoms with Gasteiger partial charge in [-0.15, -0.1) is 10.2 Å². The molecular weight excluding hydrogens is 463 g/mol. The van der Waals surface area contributed by atoms with Crippen molar-refractivity contribution < 1.29 is 4.79 Å². The first-order chi connectivity index (χ1) is 14.4. The molecule has 0 aliphatic heterocycles. The third-order valence-corrected chi connectivity index (χ3v) is 6.21. The van der Waals surface area contributed by atoms with Gasteiger partial charge in [0, 0.05) is 33.8 Å². The van der Waals surface area contributed by atoms with Gasteiger partial charge in [-0.05, 0) is 55.7 Å². The second kappa shape index (κ2) is 11.0. The fourth-order valence-electron chi connectivity index (χ4n) is 2.89. The van der Waals surface area contributed by atoms with Crippen molar-refractivity contribution in [1.82, 2.24) is 20.1 Å². The number of aryl methyl sites for hydroxylation is 1. The van der Waals surface area contributed by atoms with E-state index < -0.39 is 0 Å². The maximum absolute atomic E-state index is 12.1. The highest BCUT2D eigenvalue weighted by molar-refractivity contribution is 7.99. The van der Waals surface area contributed by atoms with Crippen LogP contribution in [0.5, 0.6) is 0 Å². The highest BCUT2D eigenvalue weighted by atomic mass is 35.5. The van der Waals surface area contributed by atoms with Gasteiger partial charge in [-0.25, -0.2) is 0 Å². The minimum atomic E-state index is 0.0215. The molecule has 158 valence electrons. The van der Waals surface area contributed by atoms with Gasteiger partial charge >= 0.3 is 0 Å². The number of carbonyl (C=O) groups is 1. The largest absolute Gasteiger partial charge is 0.356 e. The first kappa shape index (κ1) is 22.9. The standard InChI is InChI=1S/C21H21Cl3N4OS/c1-14-26-27-21(28(14)18-5-2-4-16(22)12-18)30-11-3-6-20(29)25-10-9-15-7-8-17(23)13-19(15)24/h2,4-5,7-8,12-13H,3,6,9-11H2,1H3,(H,25,29). The molecule has 0 unspecified atom stereocenters. The normalized spacial score (nSPS) is 10.9. The van der Waals surface area contributed by atoms with E-state index in [2.05, 4.69) is 15.5 Å². The van der Waals surface area contributed by atoms with Gasteiger partial charge in [0.1, 0.15) is 5.82 Å². The molecule has 2 aromatic carbocycles. The summed E-state index contributed by atoms with van der Waals surface area (Å²) in [5.41, 5.74) is 1.89. The van der Waals surface area contributed by atoms with Crippen LogP contribution in [0, 0.1) is 6.92 Å². The Bertz CT molecular complexity index is 1030. The number of benzene rings is 2. The van der Waals surface area contributed by atoms with Gasteiger partial charge in [-0.2, -0.15) is 0 Å². The van der Waals surface area contributed by atoms with E-state index in [1.165, 1.54) is 0 Å². The van der Waals surface area contributed by atoms with Crippen LogP contribution in [0.4, 0.5) is 0 Å². The van der Waals surface area contributed by atoms with E-state index >= 15 is 0 Å². The zero-order chi connectivity index (χ0) is 21.5. The Morgan fingerprint density at radius 2 is 1.90 bits per heavy atom. The number of nitrogens with zero attached hydrogens (tertiary/aromatic N) is 3. The van der Waals surface area contributed by atoms with E-state index in [0.29, 0.717) is 34.5 Å². The van der Waals surface area contributed by atoms with Crippen molar-refractivity contribution in [3.8, 4) is 5.69 Å². The number of aromatic nitrogens is 3. The van der Waals surface area contributed by atoms with E-state index in [1.54, 1.807) is 23.9 Å². The highest BCUT2D eigenvalue weighted by Gasteiger charge is 2.12. The number of carbonyl (C=O) groups excluding carboxylic acids is 1. The second-order valence-electron chi connectivity index (χ2n) is 6.63. The minimum absolute atomic E-state index is 0.0215. The van der Waals surface area contributed by atoms with Crippen molar-refractivity contribution in [2.24, 2.45) is 0 Å². The van der Waals surface area contributed by atoms with Crippen LogP contribution in [-0.2, 0) is 11.2 Å². The van der Waals surface area contributed by atoms with Crippen LogP contribution >= 0.6 is 46.6 Å². The molecule has 1 heterocycles. The molecule has 0 aliphatic rings. The van der Waals surface area contributed by atoms with Crippen LogP contribution in [-0.4, -0.2) is 33.0 Å². The monoisotopic (exact) mass is 482 g/mol. The fraction of sp³-hybridized carbons (Fsp3) is 0.286. The maximum atomic E-state index is 12.1. The molecule has 0 saturated heterocycles. The van der Waals surface area contributed by atoms with Crippen molar-refractivity contribution in [3.63, 3.8) is 0 Å². The van der Waals surface area contributed by atoms with Gasteiger partial charge in [-0.3, -0.25) is 9.36 Å². The van der Waals surface area contributed by atoms with E-state index in [-0.39, 0.29) is 5.91 Å². The summed E-state index contributed by atoms with van der Waals surface area (Å²) in [5.74, 6) is 1.57. The van der Waals surface area contributed by atoms with Gasteiger partial charge in [0.25, 0.3) is 0 Å². The molecule has 0 atom stereocenters. The molecule has 9 heteroatoms. The third kappa shape index (κ3) is 6.38. The first-order valence-corrected chi connectivity index (χ1v) is 11.6. The highest BCUT2D eigenvalue weighted by Crippen LogP contribution is 2.24. The molecule has 0 radical (unpaired) electrons. The van der Waals surface area contributed by atoms with E-state index in [9.17, 15) is 4.79 Å². The molecule has 30 heavy (non-hydrogen) atoms. The quantitative estimate of drug-likeness (QED) is 0.310. The smallest absolute Gasteiger partial charge is 0.220 e. The molecule has 0 aliphatic carbocycles. The lowest BCUT2D eigenvalue weighted by Crippen LogP contribution is -2.25. The number of thioether (sulfide) groups is 1. The molecule has 0 spiro atoms. The number of nitrogens with one attached hydrogen (secondary N) is 1. The van der Waals surface area contributed by atoms with Crippen LogP contribution in [0.3, 0.4) is 0 Å². The number of amides is 1. The summed E-state index contributed by atoms with van der Waals surface area (Å²) in [7, 11) is 0. The van der Waals surface area contributed by atoms with E-state index in [0.717, 1.165) is 34.4 Å². The third-order valence-electron chi connectivity index (χ3n) is 4.37. The average Bonchev–Trinajstić information content (AvgIpc) is 3.07. The molecule has 1 aromatic heterocycles. The van der Waals surface area contributed by atoms with Gasteiger partial charge in [0.2, 0.25) is 5.91 Å². The molecule has 0 bridgehead atoms. The maximum Gasteiger partial charge on any atom is 0.220 e. The van der Waals surface area contributed by atoms with Crippen molar-refractivity contribution in [3.05, 3.63) is 68.9 Å². The lowest BCUT2D eigenvalue weighted by atomic mass is 10.1. The van der Waals surface area contributed by atoms with Crippen LogP contribution in [0.2, 0.25) is 15.1 Å². The summed E-state index contributed by atoms with van der Waals surface area (Å²) < 4.78 is 1.96. The Morgan fingerprint density at radius 3 is 2.67 bits per heavy atom. The van der Waals surface area contributed by atoms with E-state index in [1.807, 2.05) is 41.8 Å². The minimum Gasteiger partial charge on any atom is -0.356 e. The number of hydrogen-bond acceptors (Lipinski definition) is 4. The lowest BCUT2D eigenvalue weighted by Gasteiger charge is -2.09. The Kier molecular flexibility index (Phi) is 8.45. The predicted octanol–water partition coefficient (Wildman–Crippen LogP) is 5.77. The number of halogens is 3. The zero-order valence-electron chi connectivity index (χ0n) is 16.4. The number of hydrogen-bond donors (Lipinski definition) is 1.